The Balaban J connectivity index is 0.000000200. The smallest absolute Gasteiger partial charge is 0.0390 e. The molecule has 0 saturated heterocycles. The minimum absolute atomic E-state index is 1.29. The molecule has 0 spiro atoms. The van der Waals surface area contributed by atoms with Crippen molar-refractivity contribution < 1.29 is 0 Å². The normalized spacial score (nSPS) is 9.50. The third kappa shape index (κ3) is 4.61. The maximum atomic E-state index is 2.12. The fraction of sp³-hybridized carbons (Fsp3) is 0.333. The van der Waals surface area contributed by atoms with Crippen LogP contribution in [0.15, 0.2) is 48.5 Å². The number of para-hydroxylation sites is 2. The zero-order valence-electron chi connectivity index (χ0n) is 13.5. The second-order valence-electron chi connectivity index (χ2n) is 5.36. The van der Waals surface area contributed by atoms with Crippen LogP contribution in [0.1, 0.15) is 11.1 Å². The predicted molar refractivity (Wildman–Crippen MR) is 91.0 cm³/mol. The maximum absolute atomic E-state index is 2.12. The number of hydrogen-bond acceptors (Lipinski definition) is 2. The molecule has 2 rings (SSSR count). The second-order valence-corrected chi connectivity index (χ2v) is 5.36. The SMILES string of the molecule is Cc1ccccc1N(C)C.Cc1ccccc1N(C)C. The van der Waals surface area contributed by atoms with Crippen LogP contribution in [0.3, 0.4) is 0 Å². The van der Waals surface area contributed by atoms with Crippen LogP contribution in [-0.2, 0) is 0 Å². The Morgan fingerprint density at radius 1 is 0.550 bits per heavy atom. The van der Waals surface area contributed by atoms with Gasteiger partial charge < -0.3 is 9.80 Å². The summed E-state index contributed by atoms with van der Waals surface area (Å²) in [6.45, 7) is 4.24. The molecule has 0 fully saturated rings. The van der Waals surface area contributed by atoms with Crippen molar-refractivity contribution in [3.63, 3.8) is 0 Å². The molecule has 0 N–H and O–H groups in total. The summed E-state index contributed by atoms with van der Waals surface area (Å²) >= 11 is 0. The number of nitrogens with zero attached hydrogens (tertiary/aromatic N) is 2. The molecule has 0 amide bonds. The highest BCUT2D eigenvalue weighted by atomic mass is 15.1. The highest BCUT2D eigenvalue weighted by Gasteiger charge is 1.96. The van der Waals surface area contributed by atoms with Crippen molar-refractivity contribution >= 4 is 11.4 Å². The number of hydrogen-bond donors (Lipinski definition) is 0. The first kappa shape index (κ1) is 16.1. The van der Waals surface area contributed by atoms with Gasteiger partial charge in [-0.15, -0.1) is 0 Å². The van der Waals surface area contributed by atoms with Crippen LogP contribution in [0.25, 0.3) is 0 Å². The Morgan fingerprint density at radius 3 is 1.05 bits per heavy atom. The fourth-order valence-corrected chi connectivity index (χ4v) is 2.13. The molecule has 0 heterocycles. The molecule has 2 aromatic rings. The molecule has 108 valence electrons. The van der Waals surface area contributed by atoms with E-state index in [1.54, 1.807) is 0 Å². The first-order valence-corrected chi connectivity index (χ1v) is 6.89. The van der Waals surface area contributed by atoms with Gasteiger partial charge in [0, 0.05) is 39.6 Å². The monoisotopic (exact) mass is 270 g/mol. The average molecular weight is 270 g/mol. The van der Waals surface area contributed by atoms with Crippen molar-refractivity contribution in [3.05, 3.63) is 59.7 Å². The molecule has 0 aromatic heterocycles. The van der Waals surface area contributed by atoms with Crippen molar-refractivity contribution in [1.82, 2.24) is 0 Å². The van der Waals surface area contributed by atoms with Crippen molar-refractivity contribution in [2.24, 2.45) is 0 Å². The van der Waals surface area contributed by atoms with Gasteiger partial charge in [0.1, 0.15) is 0 Å². The van der Waals surface area contributed by atoms with Crippen LogP contribution in [0.5, 0.6) is 0 Å². The van der Waals surface area contributed by atoms with Gasteiger partial charge in [0.2, 0.25) is 0 Å². The van der Waals surface area contributed by atoms with Gasteiger partial charge in [-0.1, -0.05) is 36.4 Å². The summed E-state index contributed by atoms with van der Waals surface area (Å²) in [4.78, 5) is 4.24. The third-order valence-electron chi connectivity index (χ3n) is 3.19. The van der Waals surface area contributed by atoms with Crippen LogP contribution < -0.4 is 9.80 Å². The highest BCUT2D eigenvalue weighted by molar-refractivity contribution is 5.52. The first-order chi connectivity index (χ1) is 9.43. The quantitative estimate of drug-likeness (QED) is 0.810. The lowest BCUT2D eigenvalue weighted by Gasteiger charge is -2.14. The molecular formula is C18H26N2. The van der Waals surface area contributed by atoms with E-state index in [4.69, 9.17) is 0 Å². The highest BCUT2D eigenvalue weighted by Crippen LogP contribution is 2.16. The molecular weight excluding hydrogens is 244 g/mol. The van der Waals surface area contributed by atoms with Gasteiger partial charge in [-0.05, 0) is 37.1 Å². The van der Waals surface area contributed by atoms with Crippen LogP contribution in [0.4, 0.5) is 11.4 Å². The van der Waals surface area contributed by atoms with Crippen molar-refractivity contribution in [2.75, 3.05) is 38.0 Å². The second kappa shape index (κ2) is 7.59. The largest absolute Gasteiger partial charge is 0.377 e. The van der Waals surface area contributed by atoms with Crippen LogP contribution in [-0.4, -0.2) is 28.2 Å². The molecule has 2 nitrogen and oxygen atoms in total. The van der Waals surface area contributed by atoms with E-state index in [1.165, 1.54) is 22.5 Å². The number of benzene rings is 2. The molecule has 0 radical (unpaired) electrons. The maximum Gasteiger partial charge on any atom is 0.0390 e. The Kier molecular flexibility index (Phi) is 6.10. The van der Waals surface area contributed by atoms with Crippen LogP contribution in [0, 0.1) is 13.8 Å². The summed E-state index contributed by atoms with van der Waals surface area (Å²) in [5.74, 6) is 0. The summed E-state index contributed by atoms with van der Waals surface area (Å²) < 4.78 is 0. The molecule has 0 unspecified atom stereocenters. The van der Waals surface area contributed by atoms with Crippen molar-refractivity contribution in [1.29, 1.82) is 0 Å². The van der Waals surface area contributed by atoms with Gasteiger partial charge in [-0.3, -0.25) is 0 Å². The Bertz CT molecular complexity index is 481. The number of rotatable bonds is 2. The van der Waals surface area contributed by atoms with E-state index in [9.17, 15) is 0 Å². The van der Waals surface area contributed by atoms with Crippen molar-refractivity contribution in [2.45, 2.75) is 13.8 Å². The zero-order valence-corrected chi connectivity index (χ0v) is 13.5. The van der Waals surface area contributed by atoms with Gasteiger partial charge >= 0.3 is 0 Å². The molecule has 2 heteroatoms. The van der Waals surface area contributed by atoms with E-state index in [0.29, 0.717) is 0 Å². The van der Waals surface area contributed by atoms with Gasteiger partial charge in [0.15, 0.2) is 0 Å². The fourth-order valence-electron chi connectivity index (χ4n) is 2.13. The van der Waals surface area contributed by atoms with Gasteiger partial charge in [0.25, 0.3) is 0 Å². The summed E-state index contributed by atoms with van der Waals surface area (Å²) in [5.41, 5.74) is 5.24. The third-order valence-corrected chi connectivity index (χ3v) is 3.19. The average Bonchev–Trinajstić information content (AvgIpc) is 2.40. The lowest BCUT2D eigenvalue weighted by molar-refractivity contribution is 1.11. The van der Waals surface area contributed by atoms with Crippen molar-refractivity contribution in [3.8, 4) is 0 Å². The molecule has 2 aromatic carbocycles. The lowest BCUT2D eigenvalue weighted by Crippen LogP contribution is -2.09. The molecule has 20 heavy (non-hydrogen) atoms. The van der Waals surface area contributed by atoms with E-state index in [0.717, 1.165) is 0 Å². The molecule has 0 aliphatic rings. The summed E-state index contributed by atoms with van der Waals surface area (Å²) in [5, 5.41) is 0. The van der Waals surface area contributed by atoms with E-state index in [2.05, 4.69) is 100 Å². The summed E-state index contributed by atoms with van der Waals surface area (Å²) in [6, 6.07) is 16.7. The minimum atomic E-state index is 1.29. The molecule has 0 aliphatic heterocycles. The van der Waals surface area contributed by atoms with Gasteiger partial charge in [-0.2, -0.15) is 0 Å². The Morgan fingerprint density at radius 2 is 0.850 bits per heavy atom. The molecule has 0 aliphatic carbocycles. The molecule has 0 bridgehead atoms. The topological polar surface area (TPSA) is 6.48 Å². The van der Waals surface area contributed by atoms with E-state index >= 15 is 0 Å². The van der Waals surface area contributed by atoms with Crippen LogP contribution >= 0.6 is 0 Å². The zero-order chi connectivity index (χ0) is 15.1. The Hall–Kier alpha value is -1.96. The van der Waals surface area contributed by atoms with E-state index in [1.807, 2.05) is 0 Å². The molecule has 0 saturated carbocycles. The van der Waals surface area contributed by atoms with E-state index < -0.39 is 0 Å². The standard InChI is InChI=1S/2C9H13N/c2*1-8-6-4-5-7-9(8)10(2)3/h2*4-7H,1-3H3. The lowest BCUT2D eigenvalue weighted by atomic mass is 10.2. The van der Waals surface area contributed by atoms with Gasteiger partial charge in [0.05, 0.1) is 0 Å². The minimum Gasteiger partial charge on any atom is -0.377 e. The summed E-state index contributed by atoms with van der Waals surface area (Å²) in [6.07, 6.45) is 0. The van der Waals surface area contributed by atoms with E-state index in [-0.39, 0.29) is 0 Å². The number of anilines is 2. The predicted octanol–water partition coefficient (Wildman–Crippen LogP) is 4.12. The summed E-state index contributed by atoms with van der Waals surface area (Å²) in [7, 11) is 8.23. The first-order valence-electron chi connectivity index (χ1n) is 6.89. The number of aryl methyl sites for hydroxylation is 2. The Labute approximate surface area is 123 Å². The molecule has 0 atom stereocenters. The van der Waals surface area contributed by atoms with Crippen LogP contribution in [0.2, 0.25) is 0 Å². The van der Waals surface area contributed by atoms with Gasteiger partial charge in [-0.25, -0.2) is 0 Å².